The molecule has 0 aliphatic heterocycles. The van der Waals surface area contributed by atoms with Gasteiger partial charge in [0.15, 0.2) is 0 Å². The zero-order valence-electron chi connectivity index (χ0n) is 18.4. The van der Waals surface area contributed by atoms with Gasteiger partial charge in [-0.3, -0.25) is 4.79 Å². The van der Waals surface area contributed by atoms with Gasteiger partial charge in [0.2, 0.25) is 0 Å². The number of hydrogen-bond donors (Lipinski definition) is 1. The van der Waals surface area contributed by atoms with Gasteiger partial charge >= 0.3 is 12.1 Å². The average Bonchev–Trinajstić information content (AvgIpc) is 3.05. The van der Waals surface area contributed by atoms with Crippen LogP contribution >= 0.6 is 0 Å². The van der Waals surface area contributed by atoms with Gasteiger partial charge in [-0.2, -0.15) is 18.3 Å². The maximum Gasteiger partial charge on any atom is 0.416 e. The van der Waals surface area contributed by atoms with Crippen molar-refractivity contribution in [2.24, 2.45) is 5.10 Å². The van der Waals surface area contributed by atoms with E-state index < -0.39 is 23.6 Å². The van der Waals surface area contributed by atoms with Gasteiger partial charge in [-0.05, 0) is 68.8 Å². The largest absolute Gasteiger partial charge is 0.465 e. The maximum atomic E-state index is 12.9. The predicted octanol–water partition coefficient (Wildman–Crippen LogP) is 4.97. The van der Waals surface area contributed by atoms with Crippen LogP contribution in [0.1, 0.15) is 48.8 Å². The molecular formula is C24H22F3N3O3. The number of aromatic nitrogens is 1. The first-order valence-electron chi connectivity index (χ1n) is 9.92. The topological polar surface area (TPSA) is 72.7 Å². The summed E-state index contributed by atoms with van der Waals surface area (Å²) in [5.74, 6) is -1.17. The van der Waals surface area contributed by atoms with Gasteiger partial charge in [0.25, 0.3) is 5.91 Å². The van der Waals surface area contributed by atoms with Crippen LogP contribution in [-0.4, -0.2) is 29.8 Å². The second-order valence-electron chi connectivity index (χ2n) is 7.43. The molecule has 9 heteroatoms. The molecule has 0 unspecified atom stereocenters. The van der Waals surface area contributed by atoms with Gasteiger partial charge in [-0.1, -0.05) is 6.07 Å². The lowest BCUT2D eigenvalue weighted by atomic mass is 10.1. The molecule has 0 aliphatic rings. The molecule has 0 saturated heterocycles. The third kappa shape index (κ3) is 5.14. The number of benzene rings is 2. The predicted molar refractivity (Wildman–Crippen MR) is 118 cm³/mol. The number of aryl methyl sites for hydroxylation is 2. The smallest absolute Gasteiger partial charge is 0.416 e. The van der Waals surface area contributed by atoms with E-state index in [1.807, 2.05) is 37.5 Å². The molecule has 6 nitrogen and oxygen atoms in total. The van der Waals surface area contributed by atoms with E-state index in [0.29, 0.717) is 11.1 Å². The highest BCUT2D eigenvalue weighted by atomic mass is 19.4. The summed E-state index contributed by atoms with van der Waals surface area (Å²) in [4.78, 5) is 24.0. The van der Waals surface area contributed by atoms with E-state index in [-0.39, 0.29) is 5.56 Å². The number of nitrogens with one attached hydrogen (secondary N) is 1. The second-order valence-corrected chi connectivity index (χ2v) is 7.43. The molecule has 0 radical (unpaired) electrons. The van der Waals surface area contributed by atoms with E-state index in [9.17, 15) is 22.8 Å². The van der Waals surface area contributed by atoms with Crippen molar-refractivity contribution in [2.75, 3.05) is 7.11 Å². The van der Waals surface area contributed by atoms with Crippen molar-refractivity contribution in [1.82, 2.24) is 9.99 Å². The number of methoxy groups -OCH3 is 1. The van der Waals surface area contributed by atoms with Crippen LogP contribution in [-0.2, 0) is 10.9 Å². The zero-order chi connectivity index (χ0) is 24.3. The summed E-state index contributed by atoms with van der Waals surface area (Å²) in [5, 5.41) is 3.91. The number of nitrogens with zero attached hydrogens (tertiary/aromatic N) is 2. The average molecular weight is 457 g/mol. The monoisotopic (exact) mass is 457 g/mol. The fourth-order valence-electron chi connectivity index (χ4n) is 3.50. The van der Waals surface area contributed by atoms with Crippen LogP contribution in [0.4, 0.5) is 13.2 Å². The van der Waals surface area contributed by atoms with Crippen molar-refractivity contribution in [3.05, 3.63) is 87.7 Å². The van der Waals surface area contributed by atoms with Crippen LogP contribution in [0.15, 0.2) is 53.6 Å². The standard InChI is InChI=1S/C24H22F3N3O3/c1-14-10-18(23(32)33-4)8-9-21(14)30-15(2)11-19(16(30)3)13-28-29-22(31)17-6-5-7-20(12-17)24(25,26)27/h5-13H,1-4H3,(H,29,31). The molecule has 1 amide bonds. The molecule has 3 rings (SSSR count). The number of carbonyl (C=O) groups excluding carboxylic acids is 2. The molecule has 1 heterocycles. The third-order valence-electron chi connectivity index (χ3n) is 5.15. The van der Waals surface area contributed by atoms with Gasteiger partial charge in [-0.25, -0.2) is 10.2 Å². The molecule has 33 heavy (non-hydrogen) atoms. The van der Waals surface area contributed by atoms with Gasteiger partial charge in [0.1, 0.15) is 0 Å². The molecule has 3 aromatic rings. The highest BCUT2D eigenvalue weighted by Crippen LogP contribution is 2.29. The molecule has 1 N–H and O–H groups in total. The van der Waals surface area contributed by atoms with Gasteiger partial charge in [-0.15, -0.1) is 0 Å². The number of carbonyl (C=O) groups is 2. The number of esters is 1. The molecule has 2 aromatic carbocycles. The summed E-state index contributed by atoms with van der Waals surface area (Å²) < 4.78 is 45.3. The molecule has 0 fully saturated rings. The lowest BCUT2D eigenvalue weighted by Gasteiger charge is -2.13. The Labute approximate surface area is 188 Å². The second kappa shape index (κ2) is 9.32. The van der Waals surface area contributed by atoms with Gasteiger partial charge in [0.05, 0.1) is 24.5 Å². The number of amides is 1. The van der Waals surface area contributed by atoms with E-state index in [0.717, 1.165) is 34.8 Å². The first-order chi connectivity index (χ1) is 15.5. The number of ether oxygens (including phenoxy) is 1. The normalized spacial score (nSPS) is 11.6. The summed E-state index contributed by atoms with van der Waals surface area (Å²) in [6.07, 6.45) is -3.10. The SMILES string of the molecule is COC(=O)c1ccc(-n2c(C)cc(C=NNC(=O)c3cccc(C(F)(F)F)c3)c2C)c(C)c1. The molecule has 0 saturated carbocycles. The Morgan fingerprint density at radius 2 is 1.76 bits per heavy atom. The number of hydrogen-bond acceptors (Lipinski definition) is 4. The molecule has 1 aromatic heterocycles. The summed E-state index contributed by atoms with van der Waals surface area (Å²) >= 11 is 0. The van der Waals surface area contributed by atoms with Crippen molar-refractivity contribution in [3.8, 4) is 5.69 Å². The van der Waals surface area contributed by atoms with Crippen LogP contribution in [0.3, 0.4) is 0 Å². The Hall–Kier alpha value is -3.88. The van der Waals surface area contributed by atoms with E-state index in [1.165, 1.54) is 25.5 Å². The van der Waals surface area contributed by atoms with Gasteiger partial charge in [0, 0.05) is 28.2 Å². The molecule has 0 spiro atoms. The highest BCUT2D eigenvalue weighted by Gasteiger charge is 2.30. The summed E-state index contributed by atoms with van der Waals surface area (Å²) in [6.45, 7) is 5.65. The van der Waals surface area contributed by atoms with Crippen LogP contribution in [0.2, 0.25) is 0 Å². The van der Waals surface area contributed by atoms with E-state index in [4.69, 9.17) is 4.74 Å². The molecule has 0 aliphatic carbocycles. The lowest BCUT2D eigenvalue weighted by Crippen LogP contribution is -2.18. The fourth-order valence-corrected chi connectivity index (χ4v) is 3.50. The highest BCUT2D eigenvalue weighted by molar-refractivity contribution is 5.95. The zero-order valence-corrected chi connectivity index (χ0v) is 18.4. The Morgan fingerprint density at radius 3 is 2.39 bits per heavy atom. The van der Waals surface area contributed by atoms with E-state index in [1.54, 1.807) is 12.1 Å². The Bertz CT molecular complexity index is 1240. The molecule has 172 valence electrons. The summed E-state index contributed by atoms with van der Waals surface area (Å²) in [5.41, 5.74) is 5.83. The number of rotatable bonds is 5. The Balaban J connectivity index is 1.81. The van der Waals surface area contributed by atoms with Crippen LogP contribution in [0.5, 0.6) is 0 Å². The van der Waals surface area contributed by atoms with Crippen LogP contribution in [0.25, 0.3) is 5.69 Å². The van der Waals surface area contributed by atoms with Crippen LogP contribution in [0, 0.1) is 20.8 Å². The quantitative estimate of drug-likeness (QED) is 0.334. The molecule has 0 atom stereocenters. The molecule has 0 bridgehead atoms. The Kier molecular flexibility index (Phi) is 6.71. The minimum absolute atomic E-state index is 0.145. The van der Waals surface area contributed by atoms with Crippen molar-refractivity contribution in [2.45, 2.75) is 26.9 Å². The fraction of sp³-hybridized carbons (Fsp3) is 0.208. The third-order valence-corrected chi connectivity index (χ3v) is 5.15. The van der Waals surface area contributed by atoms with E-state index >= 15 is 0 Å². The summed E-state index contributed by atoms with van der Waals surface area (Å²) in [7, 11) is 1.32. The number of halogens is 3. The minimum atomic E-state index is -4.54. The summed E-state index contributed by atoms with van der Waals surface area (Å²) in [6, 6.07) is 11.2. The van der Waals surface area contributed by atoms with Gasteiger partial charge < -0.3 is 9.30 Å². The first kappa shape index (κ1) is 23.8. The minimum Gasteiger partial charge on any atom is -0.465 e. The number of alkyl halides is 3. The van der Waals surface area contributed by atoms with Crippen LogP contribution < -0.4 is 5.43 Å². The van der Waals surface area contributed by atoms with E-state index in [2.05, 4.69) is 10.5 Å². The first-order valence-corrected chi connectivity index (χ1v) is 9.92. The lowest BCUT2D eigenvalue weighted by molar-refractivity contribution is -0.137. The van der Waals surface area contributed by atoms with Crippen molar-refractivity contribution < 1.29 is 27.5 Å². The Morgan fingerprint density at radius 1 is 1.03 bits per heavy atom. The maximum absolute atomic E-state index is 12.9. The number of hydrazone groups is 1. The van der Waals surface area contributed by atoms with Crippen molar-refractivity contribution >= 4 is 18.1 Å². The van der Waals surface area contributed by atoms with Crippen molar-refractivity contribution in [3.63, 3.8) is 0 Å². The molecular weight excluding hydrogens is 435 g/mol. The van der Waals surface area contributed by atoms with Crippen molar-refractivity contribution in [1.29, 1.82) is 0 Å².